The summed E-state index contributed by atoms with van der Waals surface area (Å²) < 4.78 is 33.1. The molecule has 2 aliphatic heterocycles. The van der Waals surface area contributed by atoms with E-state index in [1.165, 1.54) is 18.2 Å². The number of thiophene rings is 1. The van der Waals surface area contributed by atoms with Gasteiger partial charge in [0, 0.05) is 11.4 Å². The first kappa shape index (κ1) is 13.8. The quantitative estimate of drug-likeness (QED) is 0.849. The third-order valence-electron chi connectivity index (χ3n) is 4.19. The summed E-state index contributed by atoms with van der Waals surface area (Å²) in [7, 11) is 0. The third kappa shape index (κ3) is 2.14. The maximum Gasteiger partial charge on any atom is 0.264 e. The number of nitrogens with zero attached hydrogens (tertiary/aromatic N) is 1. The minimum absolute atomic E-state index is 0.0715. The number of morpholine rings is 1. The minimum Gasteiger partial charge on any atom is -0.374 e. The average Bonchev–Trinajstić information content (AvgIpc) is 3.22. The maximum atomic E-state index is 13.8. The fraction of sp³-hybridized carbons (Fsp3) is 0.312. The van der Waals surface area contributed by atoms with Crippen molar-refractivity contribution >= 4 is 17.2 Å². The summed E-state index contributed by atoms with van der Waals surface area (Å²) in [4.78, 5) is 15.3. The van der Waals surface area contributed by atoms with Crippen LogP contribution in [0.1, 0.15) is 16.1 Å². The summed E-state index contributed by atoms with van der Waals surface area (Å²) in [5, 5.41) is 0. The highest BCUT2D eigenvalue weighted by molar-refractivity contribution is 7.17. The van der Waals surface area contributed by atoms with E-state index in [1.54, 1.807) is 12.1 Å². The van der Waals surface area contributed by atoms with Crippen LogP contribution >= 0.6 is 11.3 Å². The van der Waals surface area contributed by atoms with E-state index in [0.717, 1.165) is 17.8 Å². The second-order valence-corrected chi connectivity index (χ2v) is 6.65. The topological polar surface area (TPSA) is 29.5 Å². The number of halogens is 2. The third-order valence-corrected chi connectivity index (χ3v) is 5.28. The van der Waals surface area contributed by atoms with Crippen LogP contribution in [-0.4, -0.2) is 36.1 Å². The van der Waals surface area contributed by atoms with E-state index in [1.807, 2.05) is 4.90 Å². The Morgan fingerprint density at radius 2 is 2.00 bits per heavy atom. The van der Waals surface area contributed by atoms with Crippen LogP contribution in [0.25, 0.3) is 10.4 Å². The molecule has 0 aliphatic carbocycles. The van der Waals surface area contributed by atoms with Crippen molar-refractivity contribution in [3.05, 3.63) is 46.8 Å². The Morgan fingerprint density at radius 1 is 1.23 bits per heavy atom. The maximum absolute atomic E-state index is 13.8. The zero-order valence-corrected chi connectivity index (χ0v) is 12.4. The van der Waals surface area contributed by atoms with Crippen molar-refractivity contribution in [1.29, 1.82) is 0 Å². The summed E-state index contributed by atoms with van der Waals surface area (Å²) in [6.45, 7) is 1.18. The average molecular weight is 321 g/mol. The summed E-state index contributed by atoms with van der Waals surface area (Å²) >= 11 is 1.12. The van der Waals surface area contributed by atoms with Crippen LogP contribution in [0.3, 0.4) is 0 Å². The molecule has 2 aliphatic rings. The van der Waals surface area contributed by atoms with Crippen LogP contribution in [0.15, 0.2) is 30.3 Å². The van der Waals surface area contributed by atoms with Crippen molar-refractivity contribution in [3.63, 3.8) is 0 Å². The van der Waals surface area contributed by atoms with Crippen LogP contribution in [0.4, 0.5) is 8.78 Å². The molecule has 0 unspecified atom stereocenters. The smallest absolute Gasteiger partial charge is 0.264 e. The lowest BCUT2D eigenvalue weighted by molar-refractivity contribution is 0.0262. The van der Waals surface area contributed by atoms with E-state index in [9.17, 15) is 13.6 Å². The summed E-state index contributed by atoms with van der Waals surface area (Å²) in [5.41, 5.74) is -0.0715. The van der Waals surface area contributed by atoms with Gasteiger partial charge < -0.3 is 9.64 Å². The Hall–Kier alpha value is -1.79. The molecule has 2 bridgehead atoms. The molecule has 3 heterocycles. The van der Waals surface area contributed by atoms with Gasteiger partial charge in [0.25, 0.3) is 5.91 Å². The summed E-state index contributed by atoms with van der Waals surface area (Å²) in [5.74, 6) is -1.31. The molecule has 22 heavy (non-hydrogen) atoms. The number of hydrogen-bond donors (Lipinski definition) is 0. The Balaban J connectivity index is 1.63. The number of amides is 1. The lowest BCUT2D eigenvalue weighted by Crippen LogP contribution is -2.41. The van der Waals surface area contributed by atoms with Gasteiger partial charge in [-0.2, -0.15) is 0 Å². The molecule has 1 aromatic carbocycles. The molecule has 0 spiro atoms. The van der Waals surface area contributed by atoms with E-state index in [2.05, 4.69) is 0 Å². The molecule has 0 radical (unpaired) electrons. The van der Waals surface area contributed by atoms with Gasteiger partial charge in [0.2, 0.25) is 0 Å². The van der Waals surface area contributed by atoms with Gasteiger partial charge in [-0.1, -0.05) is 6.07 Å². The fourth-order valence-electron chi connectivity index (χ4n) is 3.11. The van der Waals surface area contributed by atoms with E-state index >= 15 is 0 Å². The molecule has 2 saturated heterocycles. The first-order valence-corrected chi connectivity index (χ1v) is 7.92. The number of ether oxygens (including phenoxy) is 1. The van der Waals surface area contributed by atoms with Crippen molar-refractivity contribution in [3.8, 4) is 10.4 Å². The van der Waals surface area contributed by atoms with Crippen molar-refractivity contribution < 1.29 is 18.3 Å². The summed E-state index contributed by atoms with van der Waals surface area (Å²) in [6, 6.07) is 7.14. The van der Waals surface area contributed by atoms with Gasteiger partial charge in [0.15, 0.2) is 0 Å². The predicted octanol–water partition coefficient (Wildman–Crippen LogP) is 3.31. The summed E-state index contributed by atoms with van der Waals surface area (Å²) in [6.07, 6.45) is 1.02. The largest absolute Gasteiger partial charge is 0.374 e. The number of carbonyl (C=O) groups is 1. The Kier molecular flexibility index (Phi) is 3.23. The predicted molar refractivity (Wildman–Crippen MR) is 78.9 cm³/mol. The van der Waals surface area contributed by atoms with Gasteiger partial charge in [-0.3, -0.25) is 4.79 Å². The van der Waals surface area contributed by atoms with Crippen molar-refractivity contribution in [2.45, 2.75) is 18.6 Å². The lowest BCUT2D eigenvalue weighted by Gasteiger charge is -2.26. The number of carbonyl (C=O) groups excluding carboxylic acids is 1. The monoisotopic (exact) mass is 321 g/mol. The molecule has 1 aromatic heterocycles. The van der Waals surface area contributed by atoms with E-state index < -0.39 is 11.6 Å². The molecule has 3 nitrogen and oxygen atoms in total. The first-order chi connectivity index (χ1) is 10.6. The zero-order chi connectivity index (χ0) is 15.3. The van der Waals surface area contributed by atoms with Gasteiger partial charge >= 0.3 is 0 Å². The molecule has 6 heteroatoms. The van der Waals surface area contributed by atoms with Crippen LogP contribution < -0.4 is 0 Å². The zero-order valence-electron chi connectivity index (χ0n) is 11.6. The number of rotatable bonds is 2. The van der Waals surface area contributed by atoms with Crippen molar-refractivity contribution in [2.24, 2.45) is 0 Å². The van der Waals surface area contributed by atoms with Crippen LogP contribution in [0, 0.1) is 11.6 Å². The van der Waals surface area contributed by atoms with Crippen LogP contribution in [0.5, 0.6) is 0 Å². The van der Waals surface area contributed by atoms with Gasteiger partial charge in [-0.15, -0.1) is 11.3 Å². The SMILES string of the molecule is O=C(c1ccc(-c2c(F)cccc2F)s1)N1C[C@@H]2C[C@H]1CO2. The van der Waals surface area contributed by atoms with Crippen molar-refractivity contribution in [2.75, 3.05) is 13.2 Å². The molecule has 0 N–H and O–H groups in total. The minimum atomic E-state index is -0.616. The molecule has 2 atom stereocenters. The number of benzene rings is 1. The van der Waals surface area contributed by atoms with Crippen LogP contribution in [-0.2, 0) is 4.74 Å². The number of likely N-dealkylation sites (tertiary alicyclic amines) is 1. The fourth-order valence-corrected chi connectivity index (χ4v) is 4.12. The molecule has 1 amide bonds. The van der Waals surface area contributed by atoms with Crippen molar-refractivity contribution in [1.82, 2.24) is 4.90 Å². The van der Waals surface area contributed by atoms with Gasteiger partial charge in [0.1, 0.15) is 11.6 Å². The van der Waals surface area contributed by atoms with Gasteiger partial charge in [-0.05, 0) is 30.7 Å². The second-order valence-electron chi connectivity index (χ2n) is 5.56. The van der Waals surface area contributed by atoms with Gasteiger partial charge in [-0.25, -0.2) is 8.78 Å². The molecular formula is C16H13F2NO2S. The highest BCUT2D eigenvalue weighted by Crippen LogP contribution is 2.35. The highest BCUT2D eigenvalue weighted by Gasteiger charge is 2.41. The van der Waals surface area contributed by atoms with Gasteiger partial charge in [0.05, 0.1) is 29.2 Å². The van der Waals surface area contributed by atoms with Crippen LogP contribution in [0.2, 0.25) is 0 Å². The Morgan fingerprint density at radius 3 is 2.64 bits per heavy atom. The highest BCUT2D eigenvalue weighted by atomic mass is 32.1. The first-order valence-electron chi connectivity index (χ1n) is 7.10. The van der Waals surface area contributed by atoms with E-state index in [0.29, 0.717) is 22.9 Å². The Labute approximate surface area is 130 Å². The standard InChI is InChI=1S/C16H13F2NO2S/c17-11-2-1-3-12(18)15(11)13-4-5-14(22-13)16(20)19-7-10-6-9(19)8-21-10/h1-5,9-10H,6-8H2/t9-,10-/m0/s1. The molecule has 2 aromatic rings. The van der Waals surface area contributed by atoms with E-state index in [4.69, 9.17) is 4.74 Å². The molecule has 114 valence electrons. The lowest BCUT2D eigenvalue weighted by atomic mass is 10.1. The number of hydrogen-bond acceptors (Lipinski definition) is 3. The van der Waals surface area contributed by atoms with E-state index in [-0.39, 0.29) is 23.6 Å². The molecular weight excluding hydrogens is 308 g/mol. The number of fused-ring (bicyclic) bond motifs is 2. The second kappa shape index (κ2) is 5.14. The molecule has 2 fully saturated rings. The molecule has 0 saturated carbocycles. The normalized spacial score (nSPS) is 23.3. The Bertz CT molecular complexity index is 725. The molecule has 4 rings (SSSR count).